The SMILES string of the molecule is CCCCNC(=O)[C@@H](CC)N(Cc1cccc(OC)c1)C(=O)Cc1ccccc1F. The third kappa shape index (κ3) is 6.58. The smallest absolute Gasteiger partial charge is 0.242 e. The summed E-state index contributed by atoms with van der Waals surface area (Å²) in [6, 6.07) is 13.0. The van der Waals surface area contributed by atoms with Crippen LogP contribution < -0.4 is 10.1 Å². The minimum atomic E-state index is -0.632. The van der Waals surface area contributed by atoms with Crippen LogP contribution >= 0.6 is 0 Å². The number of nitrogens with one attached hydrogen (secondary N) is 1. The Bertz CT molecular complexity index is 841. The van der Waals surface area contributed by atoms with Gasteiger partial charge in [-0.25, -0.2) is 4.39 Å². The summed E-state index contributed by atoms with van der Waals surface area (Å²) in [5, 5.41) is 2.92. The second kappa shape index (κ2) is 12.0. The summed E-state index contributed by atoms with van der Waals surface area (Å²) in [7, 11) is 1.58. The first-order chi connectivity index (χ1) is 14.5. The van der Waals surface area contributed by atoms with Crippen molar-refractivity contribution in [1.29, 1.82) is 0 Å². The van der Waals surface area contributed by atoms with E-state index in [0.29, 0.717) is 24.3 Å². The monoisotopic (exact) mass is 414 g/mol. The predicted molar refractivity (Wildman–Crippen MR) is 116 cm³/mol. The van der Waals surface area contributed by atoms with Crippen molar-refractivity contribution in [1.82, 2.24) is 10.2 Å². The molecule has 0 aliphatic heterocycles. The third-order valence-corrected chi connectivity index (χ3v) is 5.00. The Labute approximate surface area is 178 Å². The van der Waals surface area contributed by atoms with E-state index in [4.69, 9.17) is 4.74 Å². The van der Waals surface area contributed by atoms with E-state index < -0.39 is 11.9 Å². The number of nitrogens with zero attached hydrogens (tertiary/aromatic N) is 1. The van der Waals surface area contributed by atoms with Crippen molar-refractivity contribution in [3.05, 3.63) is 65.5 Å². The van der Waals surface area contributed by atoms with Crippen LogP contribution in [0.1, 0.15) is 44.2 Å². The lowest BCUT2D eigenvalue weighted by Gasteiger charge is -2.31. The molecule has 0 bridgehead atoms. The average molecular weight is 415 g/mol. The molecule has 0 radical (unpaired) electrons. The van der Waals surface area contributed by atoms with Crippen LogP contribution in [0.15, 0.2) is 48.5 Å². The Kier molecular flexibility index (Phi) is 9.32. The van der Waals surface area contributed by atoms with Crippen LogP contribution in [0.25, 0.3) is 0 Å². The van der Waals surface area contributed by atoms with Crippen LogP contribution in [0.4, 0.5) is 4.39 Å². The van der Waals surface area contributed by atoms with Crippen LogP contribution in [0, 0.1) is 5.82 Å². The van der Waals surface area contributed by atoms with E-state index in [1.54, 1.807) is 30.2 Å². The maximum Gasteiger partial charge on any atom is 0.242 e. The molecule has 0 unspecified atom stereocenters. The number of unbranched alkanes of at least 4 members (excludes halogenated alkanes) is 1. The number of ether oxygens (including phenoxy) is 1. The molecular weight excluding hydrogens is 383 g/mol. The predicted octanol–water partition coefficient (Wildman–Crippen LogP) is 4.10. The molecule has 0 aliphatic rings. The van der Waals surface area contributed by atoms with Crippen LogP contribution in [0.5, 0.6) is 5.75 Å². The standard InChI is InChI=1S/C24H31FN2O3/c1-4-6-14-26-24(29)22(5-2)27(17-18-10-9-12-20(15-18)30-3)23(28)16-19-11-7-8-13-21(19)25/h7-13,15,22H,4-6,14,16-17H2,1-3H3,(H,26,29)/t22-/m1/s1. The van der Waals surface area contributed by atoms with Gasteiger partial charge in [0.15, 0.2) is 0 Å². The Hall–Kier alpha value is -2.89. The van der Waals surface area contributed by atoms with E-state index >= 15 is 0 Å². The maximum atomic E-state index is 14.1. The van der Waals surface area contributed by atoms with Crippen molar-refractivity contribution in [2.24, 2.45) is 0 Å². The van der Waals surface area contributed by atoms with Gasteiger partial charge in [-0.15, -0.1) is 0 Å². The fourth-order valence-electron chi connectivity index (χ4n) is 3.30. The normalized spacial score (nSPS) is 11.6. The van der Waals surface area contributed by atoms with Crippen LogP contribution in [-0.4, -0.2) is 36.4 Å². The van der Waals surface area contributed by atoms with Crippen molar-refractivity contribution in [3.8, 4) is 5.75 Å². The lowest BCUT2D eigenvalue weighted by Crippen LogP contribution is -2.49. The van der Waals surface area contributed by atoms with Crippen LogP contribution in [0.2, 0.25) is 0 Å². The minimum absolute atomic E-state index is 0.102. The summed E-state index contributed by atoms with van der Waals surface area (Å²) in [5.74, 6) is -0.224. The zero-order valence-electron chi connectivity index (χ0n) is 18.0. The molecule has 2 rings (SSSR count). The second-order valence-corrected chi connectivity index (χ2v) is 7.21. The highest BCUT2D eigenvalue weighted by molar-refractivity contribution is 5.88. The molecule has 162 valence electrons. The van der Waals surface area contributed by atoms with Gasteiger partial charge >= 0.3 is 0 Å². The Balaban J connectivity index is 2.28. The van der Waals surface area contributed by atoms with Gasteiger partial charge in [0, 0.05) is 13.1 Å². The van der Waals surface area contributed by atoms with Gasteiger partial charge in [-0.1, -0.05) is 50.6 Å². The van der Waals surface area contributed by atoms with Gasteiger partial charge in [-0.2, -0.15) is 0 Å². The number of benzene rings is 2. The van der Waals surface area contributed by atoms with E-state index in [1.807, 2.05) is 31.2 Å². The van der Waals surface area contributed by atoms with E-state index in [-0.39, 0.29) is 24.8 Å². The fourth-order valence-corrected chi connectivity index (χ4v) is 3.30. The number of carbonyl (C=O) groups excluding carboxylic acids is 2. The first kappa shape index (κ1) is 23.4. The number of methoxy groups -OCH3 is 1. The molecule has 0 spiro atoms. The maximum absolute atomic E-state index is 14.1. The average Bonchev–Trinajstić information content (AvgIpc) is 2.75. The molecule has 0 saturated carbocycles. The van der Waals surface area contributed by atoms with Crippen molar-refractivity contribution < 1.29 is 18.7 Å². The van der Waals surface area contributed by atoms with Crippen LogP contribution in [0.3, 0.4) is 0 Å². The first-order valence-corrected chi connectivity index (χ1v) is 10.4. The first-order valence-electron chi connectivity index (χ1n) is 10.4. The van der Waals surface area contributed by atoms with Crippen molar-refractivity contribution in [2.45, 2.75) is 52.1 Å². The molecule has 2 amide bonds. The highest BCUT2D eigenvalue weighted by Crippen LogP contribution is 2.19. The summed E-state index contributed by atoms with van der Waals surface area (Å²) >= 11 is 0. The summed E-state index contributed by atoms with van der Waals surface area (Å²) < 4.78 is 19.4. The molecule has 2 aromatic rings. The van der Waals surface area contributed by atoms with Gasteiger partial charge < -0.3 is 15.0 Å². The second-order valence-electron chi connectivity index (χ2n) is 7.21. The summed E-state index contributed by atoms with van der Waals surface area (Å²) in [6.45, 7) is 4.74. The summed E-state index contributed by atoms with van der Waals surface area (Å²) in [6.07, 6.45) is 2.21. The lowest BCUT2D eigenvalue weighted by molar-refractivity contribution is -0.141. The Morgan fingerprint density at radius 2 is 1.90 bits per heavy atom. The minimum Gasteiger partial charge on any atom is -0.497 e. The number of carbonyl (C=O) groups is 2. The van der Waals surface area contributed by atoms with E-state index in [1.165, 1.54) is 6.07 Å². The zero-order chi connectivity index (χ0) is 21.9. The van der Waals surface area contributed by atoms with Gasteiger partial charge in [-0.3, -0.25) is 9.59 Å². The van der Waals surface area contributed by atoms with Gasteiger partial charge in [0.1, 0.15) is 17.6 Å². The molecule has 1 atom stereocenters. The van der Waals surface area contributed by atoms with E-state index in [2.05, 4.69) is 12.2 Å². The largest absolute Gasteiger partial charge is 0.497 e. The van der Waals surface area contributed by atoms with Gasteiger partial charge in [0.05, 0.1) is 13.5 Å². The molecule has 30 heavy (non-hydrogen) atoms. The molecule has 0 fully saturated rings. The van der Waals surface area contributed by atoms with Crippen molar-refractivity contribution in [3.63, 3.8) is 0 Å². The topological polar surface area (TPSA) is 58.6 Å². The summed E-state index contributed by atoms with van der Waals surface area (Å²) in [4.78, 5) is 27.6. The molecular formula is C24H31FN2O3. The zero-order valence-corrected chi connectivity index (χ0v) is 18.0. The highest BCUT2D eigenvalue weighted by Gasteiger charge is 2.29. The quantitative estimate of drug-likeness (QED) is 0.563. The molecule has 0 saturated heterocycles. The van der Waals surface area contributed by atoms with Crippen molar-refractivity contribution >= 4 is 11.8 Å². The molecule has 5 nitrogen and oxygen atoms in total. The van der Waals surface area contributed by atoms with Crippen molar-refractivity contribution in [2.75, 3.05) is 13.7 Å². The van der Waals surface area contributed by atoms with Crippen LogP contribution in [-0.2, 0) is 22.6 Å². The third-order valence-electron chi connectivity index (χ3n) is 5.00. The van der Waals surface area contributed by atoms with Gasteiger partial charge in [-0.05, 0) is 42.2 Å². The molecule has 1 N–H and O–H groups in total. The number of hydrogen-bond acceptors (Lipinski definition) is 3. The number of amides is 2. The fraction of sp³-hybridized carbons (Fsp3) is 0.417. The number of halogens is 1. The molecule has 2 aromatic carbocycles. The summed E-state index contributed by atoms with van der Waals surface area (Å²) in [5.41, 5.74) is 1.16. The molecule has 0 aromatic heterocycles. The highest BCUT2D eigenvalue weighted by atomic mass is 19.1. The van der Waals surface area contributed by atoms with Gasteiger partial charge in [0.2, 0.25) is 11.8 Å². The lowest BCUT2D eigenvalue weighted by atomic mass is 10.1. The van der Waals surface area contributed by atoms with E-state index in [0.717, 1.165) is 18.4 Å². The molecule has 6 heteroatoms. The number of rotatable bonds is 11. The molecule has 0 heterocycles. The Morgan fingerprint density at radius 3 is 2.57 bits per heavy atom. The van der Waals surface area contributed by atoms with E-state index in [9.17, 15) is 14.0 Å². The Morgan fingerprint density at radius 1 is 1.13 bits per heavy atom. The number of hydrogen-bond donors (Lipinski definition) is 1. The van der Waals surface area contributed by atoms with Gasteiger partial charge in [0.25, 0.3) is 0 Å². The molecule has 0 aliphatic carbocycles.